The number of thiophene rings is 1. The third-order valence-corrected chi connectivity index (χ3v) is 7.00. The molecule has 0 bridgehead atoms. The van der Waals surface area contributed by atoms with Gasteiger partial charge in [-0.05, 0) is 36.1 Å². The molecular weight excluding hydrogens is 414 g/mol. The number of aryl methyl sites for hydroxylation is 1. The van der Waals surface area contributed by atoms with E-state index in [1.165, 1.54) is 17.4 Å². The lowest BCUT2D eigenvalue weighted by Crippen LogP contribution is -2.25. The number of amides is 1. The predicted octanol–water partition coefficient (Wildman–Crippen LogP) is 4.04. The van der Waals surface area contributed by atoms with E-state index in [1.807, 2.05) is 23.8 Å². The average molecular weight is 434 g/mol. The van der Waals surface area contributed by atoms with Crippen molar-refractivity contribution in [2.75, 3.05) is 11.9 Å². The van der Waals surface area contributed by atoms with Crippen molar-refractivity contribution < 1.29 is 13.2 Å². The van der Waals surface area contributed by atoms with Crippen molar-refractivity contribution in [3.8, 4) is 10.6 Å². The van der Waals surface area contributed by atoms with Crippen LogP contribution in [0.4, 0.5) is 5.69 Å². The minimum atomic E-state index is -3.41. The van der Waals surface area contributed by atoms with E-state index in [0.717, 1.165) is 10.6 Å². The van der Waals surface area contributed by atoms with Crippen LogP contribution in [0.25, 0.3) is 10.6 Å². The number of hydrogen-bond donors (Lipinski definition) is 2. The van der Waals surface area contributed by atoms with Crippen LogP contribution in [0.15, 0.2) is 53.7 Å². The number of carbonyl (C=O) groups excluding carboxylic acids is 1. The quantitative estimate of drug-likeness (QED) is 0.525. The van der Waals surface area contributed by atoms with E-state index in [9.17, 15) is 13.2 Å². The zero-order valence-corrected chi connectivity index (χ0v) is 17.6. The fourth-order valence-corrected chi connectivity index (χ4v) is 5.22. The van der Waals surface area contributed by atoms with Gasteiger partial charge in [-0.15, -0.1) is 17.9 Å². The van der Waals surface area contributed by atoms with E-state index < -0.39 is 10.0 Å². The van der Waals surface area contributed by atoms with Gasteiger partial charge in [0, 0.05) is 23.2 Å². The van der Waals surface area contributed by atoms with E-state index in [4.69, 9.17) is 0 Å². The highest BCUT2D eigenvalue weighted by Crippen LogP contribution is 2.29. The van der Waals surface area contributed by atoms with Gasteiger partial charge in [-0.2, -0.15) is 11.3 Å². The predicted molar refractivity (Wildman–Crippen MR) is 115 cm³/mol. The van der Waals surface area contributed by atoms with Crippen molar-refractivity contribution in [3.05, 3.63) is 69.9 Å². The third-order valence-electron chi connectivity index (χ3n) is 3.79. The molecule has 2 aromatic heterocycles. The van der Waals surface area contributed by atoms with Crippen LogP contribution in [-0.4, -0.2) is 25.9 Å². The second kappa shape index (κ2) is 8.78. The van der Waals surface area contributed by atoms with Crippen LogP contribution in [0, 0.1) is 6.92 Å². The highest BCUT2D eigenvalue weighted by Gasteiger charge is 2.17. The van der Waals surface area contributed by atoms with Crippen LogP contribution in [0.3, 0.4) is 0 Å². The molecule has 0 spiro atoms. The Balaban J connectivity index is 1.67. The minimum Gasteiger partial charge on any atom is -0.321 e. The van der Waals surface area contributed by atoms with Gasteiger partial charge >= 0.3 is 0 Å². The Bertz CT molecular complexity index is 1070. The second-order valence-corrected chi connectivity index (χ2v) is 9.58. The standard InChI is InChI=1S/C19H19N3O3S3/c1-3-9-20-28(24,25)12-14-4-6-16(7-5-14)22-18(23)17-13(2)21-19(27-17)15-8-10-26-11-15/h3-8,10-11,20H,1,9,12H2,2H3,(H,22,23). The molecule has 0 saturated heterocycles. The molecule has 0 saturated carbocycles. The molecule has 28 heavy (non-hydrogen) atoms. The SMILES string of the molecule is C=CCNS(=O)(=O)Cc1ccc(NC(=O)c2sc(-c3ccsc3)nc2C)cc1. The van der Waals surface area contributed by atoms with E-state index in [1.54, 1.807) is 35.6 Å². The zero-order chi connectivity index (χ0) is 20.1. The summed E-state index contributed by atoms with van der Waals surface area (Å²) in [5.74, 6) is -0.364. The first-order valence-corrected chi connectivity index (χ1v) is 11.8. The van der Waals surface area contributed by atoms with Gasteiger partial charge in [0.1, 0.15) is 9.88 Å². The first-order chi connectivity index (χ1) is 13.4. The number of aromatic nitrogens is 1. The Morgan fingerprint density at radius 3 is 2.64 bits per heavy atom. The zero-order valence-electron chi connectivity index (χ0n) is 15.1. The summed E-state index contributed by atoms with van der Waals surface area (Å²) in [4.78, 5) is 17.6. The first-order valence-electron chi connectivity index (χ1n) is 8.36. The van der Waals surface area contributed by atoms with Crippen molar-refractivity contribution in [1.82, 2.24) is 9.71 Å². The van der Waals surface area contributed by atoms with Gasteiger partial charge in [0.25, 0.3) is 5.91 Å². The molecular formula is C19H19N3O3S3. The molecule has 0 atom stereocenters. The average Bonchev–Trinajstić information content (AvgIpc) is 3.31. The number of nitrogens with one attached hydrogen (secondary N) is 2. The largest absolute Gasteiger partial charge is 0.321 e. The molecule has 146 valence electrons. The Labute approximate surface area is 172 Å². The van der Waals surface area contributed by atoms with E-state index >= 15 is 0 Å². The molecule has 0 aliphatic carbocycles. The Kier molecular flexibility index (Phi) is 6.40. The van der Waals surface area contributed by atoms with Gasteiger partial charge in [0.05, 0.1) is 11.4 Å². The molecule has 2 heterocycles. The molecule has 0 radical (unpaired) electrons. The summed E-state index contributed by atoms with van der Waals surface area (Å²) in [6.07, 6.45) is 1.49. The number of anilines is 1. The molecule has 1 aromatic carbocycles. The molecule has 0 aliphatic heterocycles. The number of benzene rings is 1. The molecule has 2 N–H and O–H groups in total. The maximum atomic E-state index is 12.6. The summed E-state index contributed by atoms with van der Waals surface area (Å²) in [7, 11) is -3.41. The van der Waals surface area contributed by atoms with Gasteiger partial charge in [-0.25, -0.2) is 18.1 Å². The molecule has 0 aliphatic rings. The van der Waals surface area contributed by atoms with Crippen LogP contribution in [-0.2, 0) is 15.8 Å². The topological polar surface area (TPSA) is 88.2 Å². The lowest BCUT2D eigenvalue weighted by Gasteiger charge is -2.07. The number of rotatable bonds is 8. The van der Waals surface area contributed by atoms with Gasteiger partial charge in [0.15, 0.2) is 0 Å². The lowest BCUT2D eigenvalue weighted by molar-refractivity contribution is 0.103. The highest BCUT2D eigenvalue weighted by atomic mass is 32.2. The van der Waals surface area contributed by atoms with E-state index in [-0.39, 0.29) is 18.2 Å². The maximum absolute atomic E-state index is 12.6. The Morgan fingerprint density at radius 1 is 1.25 bits per heavy atom. The van der Waals surface area contributed by atoms with Gasteiger partial charge in [0.2, 0.25) is 10.0 Å². The summed E-state index contributed by atoms with van der Waals surface area (Å²) >= 11 is 2.93. The van der Waals surface area contributed by atoms with E-state index in [0.29, 0.717) is 21.8 Å². The summed E-state index contributed by atoms with van der Waals surface area (Å²) in [5, 5.41) is 7.62. The van der Waals surface area contributed by atoms with Crippen molar-refractivity contribution in [1.29, 1.82) is 0 Å². The summed E-state index contributed by atoms with van der Waals surface area (Å²) < 4.78 is 26.2. The summed E-state index contributed by atoms with van der Waals surface area (Å²) in [6.45, 7) is 5.49. The first kappa shape index (κ1) is 20.4. The molecule has 3 rings (SSSR count). The molecule has 9 heteroatoms. The minimum absolute atomic E-state index is 0.132. The molecule has 3 aromatic rings. The second-order valence-electron chi connectivity index (χ2n) is 5.99. The number of hydrogen-bond acceptors (Lipinski definition) is 6. The van der Waals surface area contributed by atoms with Crippen molar-refractivity contribution in [3.63, 3.8) is 0 Å². The lowest BCUT2D eigenvalue weighted by atomic mass is 10.2. The van der Waals surface area contributed by atoms with Crippen molar-refractivity contribution in [2.45, 2.75) is 12.7 Å². The van der Waals surface area contributed by atoms with Gasteiger partial charge in [-0.1, -0.05) is 18.2 Å². The smallest absolute Gasteiger partial charge is 0.267 e. The van der Waals surface area contributed by atoms with Crippen molar-refractivity contribution >= 4 is 44.3 Å². The van der Waals surface area contributed by atoms with E-state index in [2.05, 4.69) is 21.6 Å². The van der Waals surface area contributed by atoms with Crippen LogP contribution in [0.2, 0.25) is 0 Å². The molecule has 0 unspecified atom stereocenters. The Morgan fingerprint density at radius 2 is 2.00 bits per heavy atom. The fourth-order valence-electron chi connectivity index (χ4n) is 2.45. The normalized spacial score (nSPS) is 11.3. The van der Waals surface area contributed by atoms with Crippen LogP contribution in [0.1, 0.15) is 20.9 Å². The van der Waals surface area contributed by atoms with Crippen LogP contribution < -0.4 is 10.0 Å². The number of carbonyl (C=O) groups is 1. The summed E-state index contributed by atoms with van der Waals surface area (Å²) in [6, 6.07) is 8.71. The van der Waals surface area contributed by atoms with Crippen LogP contribution >= 0.6 is 22.7 Å². The Hall–Kier alpha value is -2.33. The monoisotopic (exact) mass is 433 g/mol. The fraction of sp³-hybridized carbons (Fsp3) is 0.158. The van der Waals surface area contributed by atoms with Gasteiger partial charge in [-0.3, -0.25) is 4.79 Å². The molecule has 1 amide bonds. The maximum Gasteiger partial charge on any atom is 0.267 e. The molecule has 6 nitrogen and oxygen atoms in total. The number of thiazole rings is 1. The van der Waals surface area contributed by atoms with Gasteiger partial charge < -0.3 is 5.32 Å². The number of sulfonamides is 1. The van der Waals surface area contributed by atoms with Crippen molar-refractivity contribution in [2.24, 2.45) is 0 Å². The number of nitrogens with zero attached hydrogens (tertiary/aromatic N) is 1. The summed E-state index contributed by atoms with van der Waals surface area (Å²) in [5.41, 5.74) is 2.91. The highest BCUT2D eigenvalue weighted by molar-refractivity contribution is 7.88. The molecule has 0 fully saturated rings. The van der Waals surface area contributed by atoms with Crippen LogP contribution in [0.5, 0.6) is 0 Å². The third kappa shape index (κ3) is 5.14.